The third kappa shape index (κ3) is 4.13. The molecular weight excluding hydrogens is 302 g/mol. The van der Waals surface area contributed by atoms with Crippen molar-refractivity contribution < 1.29 is 9.59 Å². The van der Waals surface area contributed by atoms with Crippen molar-refractivity contribution in [3.63, 3.8) is 0 Å². The maximum absolute atomic E-state index is 12.1. The largest absolute Gasteiger partial charge is 0.376 e. The van der Waals surface area contributed by atoms with Crippen LogP contribution in [-0.2, 0) is 9.59 Å². The fourth-order valence-electron chi connectivity index (χ4n) is 2.42. The van der Waals surface area contributed by atoms with Gasteiger partial charge in [0.1, 0.15) is 0 Å². The number of hydrogen-bond acceptors (Lipinski definition) is 3. The highest BCUT2D eigenvalue weighted by Gasteiger charge is 2.29. The minimum Gasteiger partial charge on any atom is -0.376 e. The zero-order valence-corrected chi connectivity index (χ0v) is 13.6. The first kappa shape index (κ1) is 16.1. The van der Waals surface area contributed by atoms with Gasteiger partial charge in [-0.15, -0.1) is 0 Å². The Bertz CT molecular complexity index is 740. The summed E-state index contributed by atoms with van der Waals surface area (Å²) in [6.07, 6.45) is 1.93. The molecule has 2 amide bonds. The molecule has 1 aliphatic rings. The molecule has 0 aromatic heterocycles. The molecule has 5 nitrogen and oxygen atoms in total. The lowest BCUT2D eigenvalue weighted by molar-refractivity contribution is -0.117. The van der Waals surface area contributed by atoms with Crippen LogP contribution in [0.4, 0.5) is 17.1 Å². The Morgan fingerprint density at radius 1 is 0.958 bits per heavy atom. The maximum atomic E-state index is 12.1. The number of carbonyl (C=O) groups is 2. The standard InChI is InChI=1S/C19H21N3O2/c1-13-16(8-5-9-17(13)22-19(24)14-10-11-14)21-18(23)12-20-15-6-3-2-4-7-15/h2-9,14,20H,10-12H2,1H3,(H,21,23)(H,22,24). The molecule has 1 saturated carbocycles. The number of hydrogen-bond donors (Lipinski definition) is 3. The summed E-state index contributed by atoms with van der Waals surface area (Å²) in [7, 11) is 0. The Balaban J connectivity index is 1.59. The maximum Gasteiger partial charge on any atom is 0.243 e. The number of carbonyl (C=O) groups excluding carboxylic acids is 2. The molecule has 24 heavy (non-hydrogen) atoms. The lowest BCUT2D eigenvalue weighted by Gasteiger charge is -2.14. The van der Waals surface area contributed by atoms with Gasteiger partial charge in [-0.2, -0.15) is 0 Å². The predicted octanol–water partition coefficient (Wildman–Crippen LogP) is 3.39. The van der Waals surface area contributed by atoms with E-state index >= 15 is 0 Å². The molecule has 0 spiro atoms. The van der Waals surface area contributed by atoms with Crippen molar-refractivity contribution in [3.8, 4) is 0 Å². The summed E-state index contributed by atoms with van der Waals surface area (Å²) in [5.74, 6) is 0.0812. The molecular formula is C19H21N3O2. The summed E-state index contributed by atoms with van der Waals surface area (Å²) in [6, 6.07) is 15.1. The lowest BCUT2D eigenvalue weighted by Crippen LogP contribution is -2.22. The van der Waals surface area contributed by atoms with Crippen molar-refractivity contribution in [2.24, 2.45) is 5.92 Å². The Labute approximate surface area is 141 Å². The second-order valence-electron chi connectivity index (χ2n) is 6.01. The zero-order valence-electron chi connectivity index (χ0n) is 13.6. The van der Waals surface area contributed by atoms with Gasteiger partial charge in [0.2, 0.25) is 11.8 Å². The smallest absolute Gasteiger partial charge is 0.243 e. The molecule has 2 aromatic rings. The van der Waals surface area contributed by atoms with Gasteiger partial charge in [0.05, 0.1) is 6.54 Å². The number of anilines is 3. The topological polar surface area (TPSA) is 70.2 Å². The normalized spacial score (nSPS) is 13.2. The van der Waals surface area contributed by atoms with Crippen molar-refractivity contribution in [1.82, 2.24) is 0 Å². The van der Waals surface area contributed by atoms with E-state index in [0.717, 1.165) is 29.8 Å². The molecule has 0 atom stereocenters. The number of nitrogens with one attached hydrogen (secondary N) is 3. The summed E-state index contributed by atoms with van der Waals surface area (Å²) in [5.41, 5.74) is 3.22. The third-order valence-electron chi connectivity index (χ3n) is 4.04. The van der Waals surface area contributed by atoms with E-state index in [2.05, 4.69) is 16.0 Å². The van der Waals surface area contributed by atoms with Crippen LogP contribution in [0.1, 0.15) is 18.4 Å². The van der Waals surface area contributed by atoms with Gasteiger partial charge in [0, 0.05) is 23.0 Å². The molecule has 3 N–H and O–H groups in total. The first-order chi connectivity index (χ1) is 11.6. The highest BCUT2D eigenvalue weighted by Crippen LogP contribution is 2.31. The van der Waals surface area contributed by atoms with E-state index in [9.17, 15) is 9.59 Å². The van der Waals surface area contributed by atoms with Gasteiger partial charge in [-0.05, 0) is 49.6 Å². The molecule has 1 aliphatic carbocycles. The second kappa shape index (κ2) is 7.17. The minimum absolute atomic E-state index is 0.0623. The molecule has 2 aromatic carbocycles. The van der Waals surface area contributed by atoms with Crippen LogP contribution >= 0.6 is 0 Å². The van der Waals surface area contributed by atoms with Crippen LogP contribution in [0.15, 0.2) is 48.5 Å². The van der Waals surface area contributed by atoms with Gasteiger partial charge in [0.25, 0.3) is 0 Å². The van der Waals surface area contributed by atoms with E-state index in [1.165, 1.54) is 0 Å². The van der Waals surface area contributed by atoms with E-state index in [4.69, 9.17) is 0 Å². The van der Waals surface area contributed by atoms with Gasteiger partial charge >= 0.3 is 0 Å². The van der Waals surface area contributed by atoms with E-state index in [0.29, 0.717) is 5.69 Å². The molecule has 1 fully saturated rings. The van der Waals surface area contributed by atoms with Crippen molar-refractivity contribution in [2.45, 2.75) is 19.8 Å². The number of amides is 2. The SMILES string of the molecule is Cc1c(NC(=O)CNc2ccccc2)cccc1NC(=O)C1CC1. The summed E-state index contributed by atoms with van der Waals surface area (Å²) < 4.78 is 0. The number of rotatable bonds is 6. The first-order valence-corrected chi connectivity index (χ1v) is 8.13. The molecule has 0 radical (unpaired) electrons. The second-order valence-corrected chi connectivity index (χ2v) is 6.01. The third-order valence-corrected chi connectivity index (χ3v) is 4.04. The molecule has 124 valence electrons. The van der Waals surface area contributed by atoms with E-state index in [1.807, 2.05) is 55.5 Å². The fourth-order valence-corrected chi connectivity index (χ4v) is 2.42. The van der Waals surface area contributed by atoms with Crippen LogP contribution in [0, 0.1) is 12.8 Å². The Kier molecular flexibility index (Phi) is 4.79. The highest BCUT2D eigenvalue weighted by atomic mass is 16.2. The van der Waals surface area contributed by atoms with Gasteiger partial charge in [0.15, 0.2) is 0 Å². The average molecular weight is 323 g/mol. The first-order valence-electron chi connectivity index (χ1n) is 8.13. The summed E-state index contributed by atoms with van der Waals surface area (Å²) in [4.78, 5) is 24.0. The van der Waals surface area contributed by atoms with Gasteiger partial charge in [-0.1, -0.05) is 24.3 Å². The number of benzene rings is 2. The van der Waals surface area contributed by atoms with Crippen molar-refractivity contribution in [1.29, 1.82) is 0 Å². The van der Waals surface area contributed by atoms with Crippen LogP contribution in [0.3, 0.4) is 0 Å². The quantitative estimate of drug-likeness (QED) is 0.763. The monoisotopic (exact) mass is 323 g/mol. The zero-order chi connectivity index (χ0) is 16.9. The fraction of sp³-hybridized carbons (Fsp3) is 0.263. The van der Waals surface area contributed by atoms with Crippen molar-refractivity contribution in [3.05, 3.63) is 54.1 Å². The average Bonchev–Trinajstić information content (AvgIpc) is 3.43. The summed E-state index contributed by atoms with van der Waals surface area (Å²) in [6.45, 7) is 2.07. The van der Waals surface area contributed by atoms with Crippen LogP contribution in [-0.4, -0.2) is 18.4 Å². The predicted molar refractivity (Wildman–Crippen MR) is 96.1 cm³/mol. The van der Waals surface area contributed by atoms with Gasteiger partial charge < -0.3 is 16.0 Å². The molecule has 0 unspecified atom stereocenters. The van der Waals surface area contributed by atoms with E-state index in [1.54, 1.807) is 0 Å². The van der Waals surface area contributed by atoms with Crippen molar-refractivity contribution >= 4 is 28.9 Å². The minimum atomic E-state index is -0.132. The molecule has 0 heterocycles. The van der Waals surface area contributed by atoms with Crippen LogP contribution in [0.5, 0.6) is 0 Å². The van der Waals surface area contributed by atoms with Gasteiger partial charge in [-0.3, -0.25) is 9.59 Å². The highest BCUT2D eigenvalue weighted by molar-refractivity contribution is 5.98. The van der Waals surface area contributed by atoms with Crippen molar-refractivity contribution in [2.75, 3.05) is 22.5 Å². The van der Waals surface area contributed by atoms with Crippen LogP contribution in [0.2, 0.25) is 0 Å². The molecule has 0 saturated heterocycles. The van der Waals surface area contributed by atoms with Crippen LogP contribution < -0.4 is 16.0 Å². The summed E-state index contributed by atoms with van der Waals surface area (Å²) >= 11 is 0. The Morgan fingerprint density at radius 3 is 2.29 bits per heavy atom. The number of para-hydroxylation sites is 1. The Morgan fingerprint density at radius 2 is 1.62 bits per heavy atom. The lowest BCUT2D eigenvalue weighted by atomic mass is 10.1. The molecule has 5 heteroatoms. The van der Waals surface area contributed by atoms with E-state index in [-0.39, 0.29) is 24.3 Å². The molecule has 3 rings (SSSR count). The molecule has 0 aliphatic heterocycles. The Hall–Kier alpha value is -2.82. The van der Waals surface area contributed by atoms with E-state index < -0.39 is 0 Å². The summed E-state index contributed by atoms with van der Waals surface area (Å²) in [5, 5.41) is 8.90. The molecule has 0 bridgehead atoms. The van der Waals surface area contributed by atoms with Gasteiger partial charge in [-0.25, -0.2) is 0 Å². The van der Waals surface area contributed by atoms with Crippen LogP contribution in [0.25, 0.3) is 0 Å².